The molecule has 0 atom stereocenters. The zero-order valence-corrected chi connectivity index (χ0v) is 13.1. The summed E-state index contributed by atoms with van der Waals surface area (Å²) < 4.78 is 1.16. The number of nitrogens with two attached hydrogens (primary N) is 1. The van der Waals surface area contributed by atoms with Crippen LogP contribution < -0.4 is 10.6 Å². The molecule has 0 spiro atoms. The Morgan fingerprint density at radius 3 is 2.44 bits per heavy atom. The Balaban J connectivity index is 2.09. The van der Waals surface area contributed by atoms with E-state index in [1.54, 1.807) is 11.3 Å². The van der Waals surface area contributed by atoms with Gasteiger partial charge in [0.05, 0.1) is 10.3 Å². The topological polar surface area (TPSA) is 29.3 Å². The van der Waals surface area contributed by atoms with Crippen molar-refractivity contribution in [2.24, 2.45) is 5.73 Å². The maximum Gasteiger partial charge on any atom is 0.103 e. The zero-order valence-electron chi connectivity index (χ0n) is 9.89. The first-order valence-electron chi connectivity index (χ1n) is 5.41. The van der Waals surface area contributed by atoms with Crippen molar-refractivity contribution in [2.75, 3.05) is 11.9 Å². The molecule has 0 saturated carbocycles. The SMILES string of the molecule is CN(Cc1ccc(Br)s1)c1ccc(C(N)=S)cc1. The first-order valence-corrected chi connectivity index (χ1v) is 7.43. The van der Waals surface area contributed by atoms with Gasteiger partial charge in [-0.25, -0.2) is 0 Å². The number of hydrogen-bond donors (Lipinski definition) is 1. The number of thiocarbonyl (C=S) groups is 1. The average Bonchev–Trinajstić information content (AvgIpc) is 2.75. The van der Waals surface area contributed by atoms with Gasteiger partial charge in [-0.05, 0) is 52.3 Å². The predicted octanol–water partition coefficient (Wildman–Crippen LogP) is 3.78. The van der Waals surface area contributed by atoms with Crippen molar-refractivity contribution in [3.8, 4) is 0 Å². The summed E-state index contributed by atoms with van der Waals surface area (Å²) in [5.41, 5.74) is 7.64. The lowest BCUT2D eigenvalue weighted by Crippen LogP contribution is -2.16. The number of halogens is 1. The van der Waals surface area contributed by atoms with Crippen LogP contribution in [0.2, 0.25) is 0 Å². The van der Waals surface area contributed by atoms with Crippen LogP contribution in [0.1, 0.15) is 10.4 Å². The highest BCUT2D eigenvalue weighted by atomic mass is 79.9. The molecule has 1 heterocycles. The van der Waals surface area contributed by atoms with Crippen molar-refractivity contribution in [3.63, 3.8) is 0 Å². The van der Waals surface area contributed by atoms with Gasteiger partial charge in [0.1, 0.15) is 4.99 Å². The Labute approximate surface area is 125 Å². The average molecular weight is 341 g/mol. The monoisotopic (exact) mass is 340 g/mol. The molecule has 1 aromatic heterocycles. The van der Waals surface area contributed by atoms with Crippen LogP contribution in [0.3, 0.4) is 0 Å². The van der Waals surface area contributed by atoms with E-state index < -0.39 is 0 Å². The largest absolute Gasteiger partial charge is 0.389 e. The van der Waals surface area contributed by atoms with Gasteiger partial charge in [-0.1, -0.05) is 12.2 Å². The molecule has 18 heavy (non-hydrogen) atoms. The fraction of sp³-hybridized carbons (Fsp3) is 0.154. The third-order valence-corrected chi connectivity index (χ3v) is 4.46. The standard InChI is InChI=1S/C13H13BrN2S2/c1-16(8-11-6-7-12(14)18-11)10-4-2-9(3-5-10)13(15)17/h2-7H,8H2,1H3,(H2,15,17). The fourth-order valence-corrected chi connectivity index (χ4v) is 3.31. The molecule has 1 aromatic carbocycles. The highest BCUT2D eigenvalue weighted by molar-refractivity contribution is 9.11. The summed E-state index contributed by atoms with van der Waals surface area (Å²) in [6.45, 7) is 0.892. The Morgan fingerprint density at radius 1 is 1.28 bits per heavy atom. The minimum atomic E-state index is 0.436. The Hall–Kier alpha value is -0.910. The van der Waals surface area contributed by atoms with Crippen LogP contribution in [0.4, 0.5) is 5.69 Å². The minimum absolute atomic E-state index is 0.436. The van der Waals surface area contributed by atoms with E-state index in [2.05, 4.69) is 40.0 Å². The van der Waals surface area contributed by atoms with Crippen LogP contribution in [0.5, 0.6) is 0 Å². The first kappa shape index (κ1) is 13.5. The van der Waals surface area contributed by atoms with Gasteiger partial charge in [0.15, 0.2) is 0 Å². The molecule has 0 amide bonds. The van der Waals surface area contributed by atoms with Gasteiger partial charge >= 0.3 is 0 Å². The molecular weight excluding hydrogens is 328 g/mol. The second-order valence-electron chi connectivity index (χ2n) is 3.97. The predicted molar refractivity (Wildman–Crippen MR) is 86.5 cm³/mol. The Bertz CT molecular complexity index is 548. The number of hydrogen-bond acceptors (Lipinski definition) is 3. The molecule has 2 aromatic rings. The lowest BCUT2D eigenvalue weighted by molar-refractivity contribution is 0.940. The van der Waals surface area contributed by atoms with E-state index in [-0.39, 0.29) is 0 Å². The minimum Gasteiger partial charge on any atom is -0.389 e. The van der Waals surface area contributed by atoms with Crippen LogP contribution in [-0.4, -0.2) is 12.0 Å². The molecular formula is C13H13BrN2S2. The highest BCUT2D eigenvalue weighted by Gasteiger charge is 2.05. The molecule has 2 N–H and O–H groups in total. The quantitative estimate of drug-likeness (QED) is 0.858. The summed E-state index contributed by atoms with van der Waals surface area (Å²) in [5, 5.41) is 0. The molecule has 0 unspecified atom stereocenters. The van der Waals surface area contributed by atoms with Gasteiger partial charge in [-0.3, -0.25) is 0 Å². The van der Waals surface area contributed by atoms with Gasteiger partial charge in [-0.15, -0.1) is 11.3 Å². The highest BCUT2D eigenvalue weighted by Crippen LogP contribution is 2.24. The van der Waals surface area contributed by atoms with Gasteiger partial charge < -0.3 is 10.6 Å². The van der Waals surface area contributed by atoms with E-state index in [9.17, 15) is 0 Å². The molecule has 94 valence electrons. The second-order valence-corrected chi connectivity index (χ2v) is 6.96. The molecule has 0 aliphatic heterocycles. The number of thiophene rings is 1. The van der Waals surface area contributed by atoms with Gasteiger partial charge in [0.2, 0.25) is 0 Å². The maximum atomic E-state index is 5.58. The van der Waals surface area contributed by atoms with Crippen molar-refractivity contribution >= 4 is 50.2 Å². The van der Waals surface area contributed by atoms with Crippen LogP contribution >= 0.6 is 39.5 Å². The third-order valence-electron chi connectivity index (χ3n) is 2.61. The summed E-state index contributed by atoms with van der Waals surface area (Å²) in [5.74, 6) is 0. The van der Waals surface area contributed by atoms with E-state index in [4.69, 9.17) is 18.0 Å². The van der Waals surface area contributed by atoms with E-state index in [0.717, 1.165) is 21.6 Å². The summed E-state index contributed by atoms with van der Waals surface area (Å²) in [4.78, 5) is 3.95. The van der Waals surface area contributed by atoms with Crippen molar-refractivity contribution in [1.82, 2.24) is 0 Å². The van der Waals surface area contributed by atoms with E-state index >= 15 is 0 Å². The maximum absolute atomic E-state index is 5.58. The summed E-state index contributed by atoms with van der Waals surface area (Å²) in [6.07, 6.45) is 0. The molecule has 0 aliphatic rings. The second kappa shape index (κ2) is 5.82. The first-order chi connectivity index (χ1) is 8.56. The van der Waals surface area contributed by atoms with Crippen LogP contribution in [-0.2, 0) is 6.54 Å². The molecule has 2 rings (SSSR count). The van der Waals surface area contributed by atoms with Crippen molar-refractivity contribution in [1.29, 1.82) is 0 Å². The van der Waals surface area contributed by atoms with Gasteiger partial charge in [0.25, 0.3) is 0 Å². The summed E-state index contributed by atoms with van der Waals surface area (Å²) >= 11 is 10.2. The number of anilines is 1. The van der Waals surface area contributed by atoms with Gasteiger partial charge in [-0.2, -0.15) is 0 Å². The van der Waals surface area contributed by atoms with Crippen molar-refractivity contribution in [2.45, 2.75) is 6.54 Å². The Morgan fingerprint density at radius 2 is 1.94 bits per heavy atom. The lowest BCUT2D eigenvalue weighted by atomic mass is 10.2. The van der Waals surface area contributed by atoms with Crippen molar-refractivity contribution < 1.29 is 0 Å². The smallest absolute Gasteiger partial charge is 0.103 e. The normalized spacial score (nSPS) is 10.3. The molecule has 0 radical (unpaired) electrons. The number of rotatable bonds is 4. The zero-order chi connectivity index (χ0) is 13.1. The van der Waals surface area contributed by atoms with E-state index in [1.165, 1.54) is 4.88 Å². The fourth-order valence-electron chi connectivity index (χ4n) is 1.64. The molecule has 0 saturated heterocycles. The van der Waals surface area contributed by atoms with Gasteiger partial charge in [0, 0.05) is 23.2 Å². The molecule has 5 heteroatoms. The summed E-state index contributed by atoms with van der Waals surface area (Å²) in [7, 11) is 2.07. The Kier molecular flexibility index (Phi) is 4.37. The van der Waals surface area contributed by atoms with Crippen LogP contribution in [0.15, 0.2) is 40.2 Å². The van der Waals surface area contributed by atoms with Crippen LogP contribution in [0.25, 0.3) is 0 Å². The number of nitrogens with zero attached hydrogens (tertiary/aromatic N) is 1. The van der Waals surface area contributed by atoms with Crippen LogP contribution in [0, 0.1) is 0 Å². The molecule has 0 bridgehead atoms. The van der Waals surface area contributed by atoms with E-state index in [0.29, 0.717) is 4.99 Å². The number of benzene rings is 1. The molecule has 0 fully saturated rings. The summed E-state index contributed by atoms with van der Waals surface area (Å²) in [6, 6.07) is 12.2. The lowest BCUT2D eigenvalue weighted by Gasteiger charge is -2.18. The molecule has 0 aliphatic carbocycles. The third kappa shape index (κ3) is 3.31. The van der Waals surface area contributed by atoms with Crippen molar-refractivity contribution in [3.05, 3.63) is 50.6 Å². The van der Waals surface area contributed by atoms with E-state index in [1.807, 2.05) is 24.3 Å². The molecule has 2 nitrogen and oxygen atoms in total.